The Morgan fingerprint density at radius 3 is 2.45 bits per heavy atom. The summed E-state index contributed by atoms with van der Waals surface area (Å²) in [5, 5.41) is 3.30. The number of rotatable bonds is 5. The van der Waals surface area contributed by atoms with Gasteiger partial charge in [0.15, 0.2) is 0 Å². The monoisotopic (exact) mass is 341 g/mol. The zero-order chi connectivity index (χ0) is 14.5. The van der Waals surface area contributed by atoms with E-state index in [0.717, 1.165) is 15.7 Å². The largest absolute Gasteiger partial charge is 0.435 e. The van der Waals surface area contributed by atoms with Gasteiger partial charge < -0.3 is 10.1 Å². The zero-order valence-corrected chi connectivity index (χ0v) is 12.4. The van der Waals surface area contributed by atoms with Crippen molar-refractivity contribution in [3.63, 3.8) is 0 Å². The lowest BCUT2D eigenvalue weighted by Gasteiger charge is -2.16. The first-order chi connectivity index (χ1) is 9.54. The normalized spacial score (nSPS) is 12.2. The molecule has 0 aliphatic carbocycles. The van der Waals surface area contributed by atoms with E-state index in [1.807, 2.05) is 37.3 Å². The molecule has 20 heavy (non-hydrogen) atoms. The van der Waals surface area contributed by atoms with Crippen molar-refractivity contribution in [1.82, 2.24) is 0 Å². The minimum atomic E-state index is -2.81. The number of alkyl halides is 2. The number of hydrogen-bond acceptors (Lipinski definition) is 2. The number of halogens is 3. The van der Waals surface area contributed by atoms with Crippen LogP contribution in [0.5, 0.6) is 5.75 Å². The summed E-state index contributed by atoms with van der Waals surface area (Å²) in [6.45, 7) is -0.844. The van der Waals surface area contributed by atoms with E-state index in [-0.39, 0.29) is 11.8 Å². The third kappa shape index (κ3) is 4.20. The van der Waals surface area contributed by atoms with Crippen LogP contribution in [0.3, 0.4) is 0 Å². The average molecular weight is 342 g/mol. The van der Waals surface area contributed by atoms with Gasteiger partial charge in [0.1, 0.15) is 5.75 Å². The second kappa shape index (κ2) is 6.70. The van der Waals surface area contributed by atoms with Gasteiger partial charge in [-0.15, -0.1) is 0 Å². The molecule has 2 aromatic rings. The predicted octanol–water partition coefficient (Wildman–Crippen LogP) is 5.22. The molecule has 2 aromatic carbocycles. The summed E-state index contributed by atoms with van der Waals surface area (Å²) in [6.07, 6.45) is 0. The number of hydrogen-bond donors (Lipinski definition) is 1. The van der Waals surface area contributed by atoms with Gasteiger partial charge in [-0.3, -0.25) is 0 Å². The van der Waals surface area contributed by atoms with E-state index in [9.17, 15) is 8.78 Å². The molecule has 0 spiro atoms. The second-order valence-corrected chi connectivity index (χ2v) is 5.24. The van der Waals surface area contributed by atoms with Crippen LogP contribution in [0.15, 0.2) is 53.0 Å². The Bertz CT molecular complexity index is 560. The minimum absolute atomic E-state index is 0.0163. The molecule has 5 heteroatoms. The van der Waals surface area contributed by atoms with E-state index in [0.29, 0.717) is 0 Å². The van der Waals surface area contributed by atoms with Crippen molar-refractivity contribution in [3.8, 4) is 5.75 Å². The van der Waals surface area contributed by atoms with Crippen molar-refractivity contribution < 1.29 is 13.5 Å². The molecular formula is C15H14BrF2NO. The Kier molecular flexibility index (Phi) is 4.95. The van der Waals surface area contributed by atoms with Crippen LogP contribution >= 0.6 is 15.9 Å². The fraction of sp³-hybridized carbons (Fsp3) is 0.200. The van der Waals surface area contributed by atoms with Crippen LogP contribution in [0, 0.1) is 0 Å². The van der Waals surface area contributed by atoms with Crippen molar-refractivity contribution in [2.24, 2.45) is 0 Å². The summed E-state index contributed by atoms with van der Waals surface area (Å²) in [5.74, 6) is 0.168. The maximum Gasteiger partial charge on any atom is 0.387 e. The number of anilines is 1. The van der Waals surface area contributed by atoms with E-state index in [1.54, 1.807) is 12.1 Å². The minimum Gasteiger partial charge on any atom is -0.435 e. The Morgan fingerprint density at radius 2 is 1.80 bits per heavy atom. The molecule has 2 rings (SSSR count). The molecule has 0 aliphatic heterocycles. The highest BCUT2D eigenvalue weighted by Gasteiger charge is 2.09. The molecule has 0 saturated carbocycles. The Morgan fingerprint density at radius 1 is 1.10 bits per heavy atom. The van der Waals surface area contributed by atoms with Crippen LogP contribution in [0.4, 0.5) is 14.5 Å². The second-order valence-electron chi connectivity index (χ2n) is 4.32. The molecule has 1 atom stereocenters. The van der Waals surface area contributed by atoms with Gasteiger partial charge in [0.2, 0.25) is 0 Å². The standard InChI is InChI=1S/C15H14BrF2NO/c1-10(19-13-7-5-12(16)6-8-13)11-3-2-4-14(9-11)20-15(17)18/h2-10,15,19H,1H3. The molecule has 0 radical (unpaired) electrons. The van der Waals surface area contributed by atoms with Crippen molar-refractivity contribution >= 4 is 21.6 Å². The molecule has 0 saturated heterocycles. The third-order valence-electron chi connectivity index (χ3n) is 2.81. The fourth-order valence-electron chi connectivity index (χ4n) is 1.84. The first-order valence-corrected chi connectivity index (χ1v) is 6.91. The van der Waals surface area contributed by atoms with Gasteiger partial charge in [-0.05, 0) is 48.9 Å². The lowest BCUT2D eigenvalue weighted by atomic mass is 10.1. The van der Waals surface area contributed by atoms with Gasteiger partial charge in [-0.25, -0.2) is 0 Å². The molecule has 0 bridgehead atoms. The van der Waals surface area contributed by atoms with Crippen molar-refractivity contribution in [3.05, 3.63) is 58.6 Å². The van der Waals surface area contributed by atoms with Gasteiger partial charge in [0.25, 0.3) is 0 Å². The van der Waals surface area contributed by atoms with Gasteiger partial charge >= 0.3 is 6.61 Å². The topological polar surface area (TPSA) is 21.3 Å². The Balaban J connectivity index is 2.08. The van der Waals surface area contributed by atoms with E-state index in [2.05, 4.69) is 26.0 Å². The summed E-state index contributed by atoms with van der Waals surface area (Å²) in [5.41, 5.74) is 1.84. The molecular weight excluding hydrogens is 328 g/mol. The predicted molar refractivity (Wildman–Crippen MR) is 79.3 cm³/mol. The van der Waals surface area contributed by atoms with Crippen LogP contribution in [0.1, 0.15) is 18.5 Å². The fourth-order valence-corrected chi connectivity index (χ4v) is 2.10. The lowest BCUT2D eigenvalue weighted by molar-refractivity contribution is -0.0498. The van der Waals surface area contributed by atoms with Crippen molar-refractivity contribution in [2.75, 3.05) is 5.32 Å². The van der Waals surface area contributed by atoms with Crippen molar-refractivity contribution in [2.45, 2.75) is 19.6 Å². The summed E-state index contributed by atoms with van der Waals surface area (Å²) < 4.78 is 29.8. The van der Waals surface area contributed by atoms with Crippen LogP contribution in [-0.4, -0.2) is 6.61 Å². The van der Waals surface area contributed by atoms with E-state index < -0.39 is 6.61 Å². The molecule has 1 N–H and O–H groups in total. The van der Waals surface area contributed by atoms with E-state index in [1.165, 1.54) is 6.07 Å². The molecule has 1 unspecified atom stereocenters. The zero-order valence-electron chi connectivity index (χ0n) is 10.8. The van der Waals surface area contributed by atoms with Crippen LogP contribution < -0.4 is 10.1 Å². The van der Waals surface area contributed by atoms with Crippen LogP contribution in [0.2, 0.25) is 0 Å². The van der Waals surface area contributed by atoms with Crippen LogP contribution in [-0.2, 0) is 0 Å². The Hall–Kier alpha value is -1.62. The highest BCUT2D eigenvalue weighted by molar-refractivity contribution is 9.10. The van der Waals surface area contributed by atoms with Crippen LogP contribution in [0.25, 0.3) is 0 Å². The molecule has 0 heterocycles. The molecule has 2 nitrogen and oxygen atoms in total. The summed E-state index contributed by atoms with van der Waals surface area (Å²) in [4.78, 5) is 0. The van der Waals surface area contributed by atoms with Gasteiger partial charge in [0.05, 0.1) is 0 Å². The quantitative estimate of drug-likeness (QED) is 0.804. The Labute approximate surface area is 124 Å². The number of benzene rings is 2. The first-order valence-electron chi connectivity index (χ1n) is 6.11. The molecule has 0 aliphatic rings. The number of nitrogens with one attached hydrogen (secondary N) is 1. The molecule has 0 fully saturated rings. The molecule has 106 valence electrons. The number of ether oxygens (including phenoxy) is 1. The average Bonchev–Trinajstić information content (AvgIpc) is 2.41. The van der Waals surface area contributed by atoms with Gasteiger partial charge in [-0.1, -0.05) is 28.1 Å². The van der Waals surface area contributed by atoms with Gasteiger partial charge in [-0.2, -0.15) is 8.78 Å². The van der Waals surface area contributed by atoms with Crippen molar-refractivity contribution in [1.29, 1.82) is 0 Å². The highest BCUT2D eigenvalue weighted by atomic mass is 79.9. The summed E-state index contributed by atoms with van der Waals surface area (Å²) in [7, 11) is 0. The van der Waals surface area contributed by atoms with Gasteiger partial charge in [0, 0.05) is 16.2 Å². The van der Waals surface area contributed by atoms with E-state index in [4.69, 9.17) is 0 Å². The van der Waals surface area contributed by atoms with E-state index >= 15 is 0 Å². The molecule has 0 amide bonds. The smallest absolute Gasteiger partial charge is 0.387 e. The first kappa shape index (κ1) is 14.8. The summed E-state index contributed by atoms with van der Waals surface area (Å²) in [6, 6.07) is 14.4. The third-order valence-corrected chi connectivity index (χ3v) is 3.34. The summed E-state index contributed by atoms with van der Waals surface area (Å²) >= 11 is 3.37. The maximum absolute atomic E-state index is 12.2. The molecule has 0 aromatic heterocycles. The maximum atomic E-state index is 12.2. The SMILES string of the molecule is CC(Nc1ccc(Br)cc1)c1cccc(OC(F)F)c1. The lowest BCUT2D eigenvalue weighted by Crippen LogP contribution is -2.07. The highest BCUT2D eigenvalue weighted by Crippen LogP contribution is 2.24.